The van der Waals surface area contributed by atoms with Gasteiger partial charge in [-0.3, -0.25) is 4.79 Å². The lowest BCUT2D eigenvalue weighted by Gasteiger charge is -2.05. The second-order valence-corrected chi connectivity index (χ2v) is 3.22. The van der Waals surface area contributed by atoms with Gasteiger partial charge in [0.1, 0.15) is 0 Å². The van der Waals surface area contributed by atoms with Crippen LogP contribution in [0.1, 0.15) is 22.8 Å². The SMILES string of the molecule is CC(=O)c1cnn2cc(C(F)(F)F)cnc12. The van der Waals surface area contributed by atoms with Crippen LogP contribution in [0.4, 0.5) is 13.2 Å². The van der Waals surface area contributed by atoms with E-state index in [-0.39, 0.29) is 17.0 Å². The van der Waals surface area contributed by atoms with Crippen LogP contribution in [0, 0.1) is 0 Å². The second kappa shape index (κ2) is 3.29. The standard InChI is InChI=1S/C9H6F3N3O/c1-5(16)7-3-14-15-4-6(9(10,11)12)2-13-8(7)15/h2-4H,1H3. The summed E-state index contributed by atoms with van der Waals surface area (Å²) < 4.78 is 37.9. The van der Waals surface area contributed by atoms with Crippen LogP contribution in [-0.2, 0) is 6.18 Å². The summed E-state index contributed by atoms with van der Waals surface area (Å²) in [6.45, 7) is 1.30. The lowest BCUT2D eigenvalue weighted by atomic mass is 10.2. The van der Waals surface area contributed by atoms with E-state index in [9.17, 15) is 18.0 Å². The summed E-state index contributed by atoms with van der Waals surface area (Å²) in [5.74, 6) is -0.290. The Kier molecular flexibility index (Phi) is 2.18. The summed E-state index contributed by atoms with van der Waals surface area (Å²) >= 11 is 0. The molecular weight excluding hydrogens is 223 g/mol. The highest BCUT2D eigenvalue weighted by atomic mass is 19.4. The fraction of sp³-hybridized carbons (Fsp3) is 0.222. The van der Waals surface area contributed by atoms with Crippen molar-refractivity contribution in [3.8, 4) is 0 Å². The first-order valence-electron chi connectivity index (χ1n) is 4.31. The van der Waals surface area contributed by atoms with Crippen LogP contribution in [0.25, 0.3) is 5.65 Å². The van der Waals surface area contributed by atoms with Crippen molar-refractivity contribution in [1.29, 1.82) is 0 Å². The van der Waals surface area contributed by atoms with Gasteiger partial charge >= 0.3 is 6.18 Å². The molecule has 0 aliphatic rings. The molecule has 2 aromatic heterocycles. The van der Waals surface area contributed by atoms with Crippen molar-refractivity contribution >= 4 is 11.4 Å². The predicted molar refractivity (Wildman–Crippen MR) is 48.0 cm³/mol. The normalized spacial score (nSPS) is 12.0. The largest absolute Gasteiger partial charge is 0.419 e. The molecule has 0 amide bonds. The van der Waals surface area contributed by atoms with Gasteiger partial charge in [-0.05, 0) is 6.92 Å². The van der Waals surface area contributed by atoms with Crippen molar-refractivity contribution in [2.75, 3.05) is 0 Å². The molecule has 2 rings (SSSR count). The molecule has 0 spiro atoms. The summed E-state index contributed by atoms with van der Waals surface area (Å²) in [6.07, 6.45) is -1.79. The van der Waals surface area contributed by atoms with Gasteiger partial charge in [-0.2, -0.15) is 18.3 Å². The number of hydrogen-bond donors (Lipinski definition) is 0. The van der Waals surface area contributed by atoms with E-state index in [0.29, 0.717) is 6.20 Å². The average molecular weight is 229 g/mol. The molecule has 16 heavy (non-hydrogen) atoms. The van der Waals surface area contributed by atoms with Gasteiger partial charge in [0, 0.05) is 12.4 Å². The van der Waals surface area contributed by atoms with E-state index in [1.165, 1.54) is 13.1 Å². The number of rotatable bonds is 1. The van der Waals surface area contributed by atoms with Gasteiger partial charge in [0.05, 0.1) is 17.3 Å². The van der Waals surface area contributed by atoms with Crippen molar-refractivity contribution in [2.24, 2.45) is 0 Å². The van der Waals surface area contributed by atoms with Crippen LogP contribution in [0.5, 0.6) is 0 Å². The Labute approximate surface area is 87.7 Å². The molecule has 84 valence electrons. The Morgan fingerprint density at radius 2 is 2.06 bits per heavy atom. The third-order valence-electron chi connectivity index (χ3n) is 2.06. The number of ketones is 1. The summed E-state index contributed by atoms with van der Waals surface area (Å²) in [5.41, 5.74) is -0.576. The highest BCUT2D eigenvalue weighted by molar-refractivity contribution is 5.99. The molecule has 2 aromatic rings. The molecule has 0 fully saturated rings. The number of fused-ring (bicyclic) bond motifs is 1. The van der Waals surface area contributed by atoms with Crippen LogP contribution < -0.4 is 0 Å². The van der Waals surface area contributed by atoms with Crippen molar-refractivity contribution < 1.29 is 18.0 Å². The van der Waals surface area contributed by atoms with Gasteiger partial charge in [0.2, 0.25) is 0 Å². The molecule has 0 aromatic carbocycles. The Morgan fingerprint density at radius 3 is 2.62 bits per heavy atom. The van der Waals surface area contributed by atoms with Crippen LogP contribution in [0.2, 0.25) is 0 Å². The highest BCUT2D eigenvalue weighted by Gasteiger charge is 2.31. The number of nitrogens with zero attached hydrogens (tertiary/aromatic N) is 3. The van der Waals surface area contributed by atoms with Gasteiger partial charge in [0.25, 0.3) is 0 Å². The third-order valence-corrected chi connectivity index (χ3v) is 2.06. The van der Waals surface area contributed by atoms with E-state index in [1.807, 2.05) is 0 Å². The topological polar surface area (TPSA) is 47.3 Å². The minimum Gasteiger partial charge on any atom is -0.294 e. The van der Waals surface area contributed by atoms with Crippen molar-refractivity contribution in [3.05, 3.63) is 29.7 Å². The van der Waals surface area contributed by atoms with Crippen LogP contribution in [0.15, 0.2) is 18.6 Å². The molecule has 0 aliphatic carbocycles. The number of carbonyl (C=O) groups is 1. The molecule has 0 saturated heterocycles. The van der Waals surface area contributed by atoms with Crippen LogP contribution in [-0.4, -0.2) is 20.4 Å². The Balaban J connectivity index is 2.62. The second-order valence-electron chi connectivity index (χ2n) is 3.22. The van der Waals surface area contributed by atoms with Gasteiger partial charge < -0.3 is 0 Å². The van der Waals surface area contributed by atoms with Gasteiger partial charge in [-0.15, -0.1) is 0 Å². The molecule has 0 aliphatic heterocycles. The number of carbonyl (C=O) groups excluding carboxylic acids is 1. The molecule has 0 radical (unpaired) electrons. The first-order chi connectivity index (χ1) is 7.39. The molecular formula is C9H6F3N3O. The fourth-order valence-electron chi connectivity index (χ4n) is 1.27. The summed E-state index contributed by atoms with van der Waals surface area (Å²) in [6, 6.07) is 0. The number of alkyl halides is 3. The summed E-state index contributed by atoms with van der Waals surface area (Å²) in [5, 5.41) is 3.65. The number of halogens is 3. The Bertz CT molecular complexity index is 559. The van der Waals surface area contributed by atoms with Gasteiger partial charge in [-0.1, -0.05) is 0 Å². The van der Waals surface area contributed by atoms with Crippen molar-refractivity contribution in [2.45, 2.75) is 13.1 Å². The molecule has 2 heterocycles. The van der Waals surface area contributed by atoms with E-state index in [4.69, 9.17) is 0 Å². The highest BCUT2D eigenvalue weighted by Crippen LogP contribution is 2.28. The molecule has 4 nitrogen and oxygen atoms in total. The summed E-state index contributed by atoms with van der Waals surface area (Å²) in [7, 11) is 0. The first kappa shape index (κ1) is 10.6. The fourth-order valence-corrected chi connectivity index (χ4v) is 1.27. The Morgan fingerprint density at radius 1 is 1.38 bits per heavy atom. The van der Waals surface area contributed by atoms with E-state index in [1.54, 1.807) is 0 Å². The smallest absolute Gasteiger partial charge is 0.294 e. The molecule has 0 bridgehead atoms. The van der Waals surface area contributed by atoms with Gasteiger partial charge in [0.15, 0.2) is 11.4 Å². The zero-order chi connectivity index (χ0) is 11.9. The zero-order valence-corrected chi connectivity index (χ0v) is 8.12. The average Bonchev–Trinajstić information content (AvgIpc) is 2.58. The molecule has 7 heteroatoms. The van der Waals surface area contributed by atoms with Crippen LogP contribution >= 0.6 is 0 Å². The summed E-state index contributed by atoms with van der Waals surface area (Å²) in [4.78, 5) is 14.7. The van der Waals surface area contributed by atoms with E-state index >= 15 is 0 Å². The maximum absolute atomic E-state index is 12.3. The van der Waals surface area contributed by atoms with Crippen molar-refractivity contribution in [1.82, 2.24) is 14.6 Å². The molecule has 0 atom stereocenters. The monoisotopic (exact) mass is 229 g/mol. The zero-order valence-electron chi connectivity index (χ0n) is 8.12. The lowest BCUT2D eigenvalue weighted by molar-refractivity contribution is -0.138. The van der Waals surface area contributed by atoms with Gasteiger partial charge in [-0.25, -0.2) is 9.50 Å². The van der Waals surface area contributed by atoms with Crippen molar-refractivity contribution in [3.63, 3.8) is 0 Å². The molecule has 0 N–H and O–H groups in total. The number of Topliss-reactive ketones (excluding diaryl/α,β-unsaturated/α-hetero) is 1. The first-order valence-corrected chi connectivity index (χ1v) is 4.31. The minimum atomic E-state index is -4.47. The quantitative estimate of drug-likeness (QED) is 0.702. The molecule has 0 saturated carbocycles. The van der Waals surface area contributed by atoms with E-state index < -0.39 is 11.7 Å². The lowest BCUT2D eigenvalue weighted by Crippen LogP contribution is -2.08. The van der Waals surface area contributed by atoms with E-state index in [0.717, 1.165) is 10.7 Å². The minimum absolute atomic E-state index is 0.125. The number of aromatic nitrogens is 3. The maximum Gasteiger partial charge on any atom is 0.419 e. The number of hydrogen-bond acceptors (Lipinski definition) is 3. The maximum atomic E-state index is 12.3. The third kappa shape index (κ3) is 1.64. The van der Waals surface area contributed by atoms with E-state index in [2.05, 4.69) is 10.1 Å². The van der Waals surface area contributed by atoms with Crippen LogP contribution in [0.3, 0.4) is 0 Å². The molecule has 0 unspecified atom stereocenters. The Hall–Kier alpha value is -1.92. The predicted octanol–water partition coefficient (Wildman–Crippen LogP) is 1.95.